The summed E-state index contributed by atoms with van der Waals surface area (Å²) >= 11 is 3.56. The molecule has 3 nitrogen and oxygen atoms in total. The normalized spacial score (nSPS) is 31.0. The first-order chi connectivity index (χ1) is 10.7. The highest BCUT2D eigenvalue weighted by Gasteiger charge is 2.75. The molecule has 3 fully saturated rings. The largest absolute Gasteiger partial charge is 0.337 e. The lowest BCUT2D eigenvalue weighted by Crippen LogP contribution is -2.95. The lowest BCUT2D eigenvalue weighted by molar-refractivity contribution is -0.742. The van der Waals surface area contributed by atoms with Crippen LogP contribution in [0.4, 0.5) is 0 Å². The van der Waals surface area contributed by atoms with E-state index >= 15 is 0 Å². The van der Waals surface area contributed by atoms with Gasteiger partial charge < -0.3 is 10.3 Å². The first kappa shape index (κ1) is 12.1. The third-order valence-electron chi connectivity index (χ3n) is 6.13. The van der Waals surface area contributed by atoms with Gasteiger partial charge >= 0.3 is 0 Å². The molecular weight excluding hydrogens is 338 g/mol. The smallest absolute Gasteiger partial charge is 0.169 e. The summed E-state index contributed by atoms with van der Waals surface area (Å²) in [7, 11) is 0. The monoisotopic (exact) mass is 354 g/mol. The van der Waals surface area contributed by atoms with Crippen LogP contribution in [0.1, 0.15) is 31.5 Å². The Morgan fingerprint density at radius 1 is 1.18 bits per heavy atom. The van der Waals surface area contributed by atoms with Crippen molar-refractivity contribution < 1.29 is 5.32 Å². The van der Waals surface area contributed by atoms with E-state index in [1.807, 2.05) is 0 Å². The van der Waals surface area contributed by atoms with Crippen LogP contribution in [0.25, 0.3) is 21.8 Å². The van der Waals surface area contributed by atoms with Crippen LogP contribution in [0.15, 0.2) is 34.8 Å². The third-order valence-corrected chi connectivity index (χ3v) is 6.63. The Kier molecular flexibility index (Phi) is 1.96. The summed E-state index contributed by atoms with van der Waals surface area (Å²) in [5.74, 6) is 2.06. The molecule has 1 aromatic heterocycles. The SMILES string of the molecule is Brc1ccc2c(ccc3[nH]c(C45CC4CC4(CC4)[NH2+]5)nc32)c1. The zero-order chi connectivity index (χ0) is 14.5. The summed E-state index contributed by atoms with van der Waals surface area (Å²) in [5, 5.41) is 5.15. The van der Waals surface area contributed by atoms with Crippen molar-refractivity contribution in [3.05, 3.63) is 40.6 Å². The predicted molar refractivity (Wildman–Crippen MR) is 89.6 cm³/mol. The summed E-state index contributed by atoms with van der Waals surface area (Å²) in [6, 6.07) is 10.8. The Morgan fingerprint density at radius 3 is 2.91 bits per heavy atom. The molecule has 2 aromatic carbocycles. The Labute approximate surface area is 136 Å². The number of H-pyrrole nitrogens is 1. The number of halogens is 1. The molecule has 0 bridgehead atoms. The molecule has 2 atom stereocenters. The maximum Gasteiger partial charge on any atom is 0.169 e. The number of imidazole rings is 1. The molecule has 0 radical (unpaired) electrons. The Bertz CT molecular complexity index is 956. The Balaban J connectivity index is 1.55. The van der Waals surface area contributed by atoms with Gasteiger partial charge in [-0.2, -0.15) is 0 Å². The molecule has 2 saturated carbocycles. The number of hydrogen-bond donors (Lipinski definition) is 2. The van der Waals surface area contributed by atoms with Crippen LogP contribution in [0, 0.1) is 5.92 Å². The van der Waals surface area contributed by atoms with Gasteiger partial charge in [-0.05, 0) is 23.6 Å². The fourth-order valence-electron chi connectivity index (χ4n) is 4.74. The number of fused-ring (bicyclic) bond motifs is 4. The average Bonchev–Trinajstić information content (AvgIpc) is 3.30. The van der Waals surface area contributed by atoms with Gasteiger partial charge in [-0.1, -0.05) is 28.1 Å². The molecule has 3 N–H and O–H groups in total. The van der Waals surface area contributed by atoms with Crippen molar-refractivity contribution in [3.8, 4) is 0 Å². The van der Waals surface area contributed by atoms with Crippen molar-refractivity contribution in [1.29, 1.82) is 0 Å². The molecule has 0 amide bonds. The molecule has 3 aromatic rings. The molecule has 1 aliphatic heterocycles. The van der Waals surface area contributed by atoms with E-state index in [4.69, 9.17) is 4.98 Å². The van der Waals surface area contributed by atoms with Gasteiger partial charge in [0.1, 0.15) is 0 Å². The number of nitrogens with zero attached hydrogens (tertiary/aromatic N) is 1. The highest BCUT2D eigenvalue weighted by Crippen LogP contribution is 2.60. The van der Waals surface area contributed by atoms with Gasteiger partial charge in [-0.3, -0.25) is 0 Å². The number of nitrogens with two attached hydrogens (primary N) is 1. The number of hydrogen-bond acceptors (Lipinski definition) is 1. The number of piperidine rings is 1. The fourth-order valence-corrected chi connectivity index (χ4v) is 5.12. The maximum absolute atomic E-state index is 5.06. The van der Waals surface area contributed by atoms with Crippen molar-refractivity contribution >= 4 is 37.7 Å². The number of benzene rings is 2. The summed E-state index contributed by atoms with van der Waals surface area (Å²) in [6.45, 7) is 0. The Hall–Kier alpha value is -1.39. The van der Waals surface area contributed by atoms with E-state index in [-0.39, 0.29) is 5.54 Å². The zero-order valence-corrected chi connectivity index (χ0v) is 13.8. The molecule has 2 unspecified atom stereocenters. The van der Waals surface area contributed by atoms with Crippen LogP contribution in [0.5, 0.6) is 0 Å². The number of nitrogens with one attached hydrogen (secondary N) is 1. The van der Waals surface area contributed by atoms with Gasteiger partial charge in [0.15, 0.2) is 11.4 Å². The number of rotatable bonds is 1. The summed E-state index contributed by atoms with van der Waals surface area (Å²) in [6.07, 6.45) is 5.51. The molecule has 3 aliphatic rings. The van der Waals surface area contributed by atoms with Crippen molar-refractivity contribution in [2.75, 3.05) is 0 Å². The highest BCUT2D eigenvalue weighted by atomic mass is 79.9. The molecule has 4 heteroatoms. The lowest BCUT2D eigenvalue weighted by Gasteiger charge is -2.12. The number of aromatic nitrogens is 2. The minimum absolute atomic E-state index is 0.275. The van der Waals surface area contributed by atoms with E-state index in [2.05, 4.69) is 56.6 Å². The summed E-state index contributed by atoms with van der Waals surface area (Å²) in [4.78, 5) is 8.70. The van der Waals surface area contributed by atoms with E-state index in [1.165, 1.54) is 47.8 Å². The van der Waals surface area contributed by atoms with Gasteiger partial charge in [0.25, 0.3) is 0 Å². The maximum atomic E-state index is 5.06. The minimum Gasteiger partial charge on any atom is -0.337 e. The second-order valence-corrected chi connectivity index (χ2v) is 8.48. The van der Waals surface area contributed by atoms with Gasteiger partial charge in [-0.15, -0.1) is 0 Å². The van der Waals surface area contributed by atoms with Crippen molar-refractivity contribution in [1.82, 2.24) is 9.97 Å². The summed E-state index contributed by atoms with van der Waals surface area (Å²) in [5.41, 5.74) is 3.17. The van der Waals surface area contributed by atoms with Crippen LogP contribution < -0.4 is 5.32 Å². The van der Waals surface area contributed by atoms with Crippen molar-refractivity contribution in [3.63, 3.8) is 0 Å². The molecule has 1 spiro atoms. The van der Waals surface area contributed by atoms with Crippen molar-refractivity contribution in [2.24, 2.45) is 5.92 Å². The van der Waals surface area contributed by atoms with E-state index < -0.39 is 0 Å². The van der Waals surface area contributed by atoms with Gasteiger partial charge in [0, 0.05) is 41.5 Å². The molecular formula is C18H17BrN3+. The van der Waals surface area contributed by atoms with E-state index in [0.717, 1.165) is 15.9 Å². The molecule has 2 heterocycles. The van der Waals surface area contributed by atoms with Gasteiger partial charge in [-0.25, -0.2) is 4.98 Å². The molecule has 22 heavy (non-hydrogen) atoms. The zero-order valence-electron chi connectivity index (χ0n) is 12.2. The number of quaternary nitrogens is 1. The highest BCUT2D eigenvalue weighted by molar-refractivity contribution is 9.10. The van der Waals surface area contributed by atoms with Crippen LogP contribution in [0.3, 0.4) is 0 Å². The van der Waals surface area contributed by atoms with Crippen LogP contribution in [0.2, 0.25) is 0 Å². The van der Waals surface area contributed by atoms with E-state index in [9.17, 15) is 0 Å². The topological polar surface area (TPSA) is 45.3 Å². The second kappa shape index (κ2) is 3.57. The molecule has 110 valence electrons. The fraction of sp³-hybridized carbons (Fsp3) is 0.389. The van der Waals surface area contributed by atoms with Crippen LogP contribution in [-0.2, 0) is 5.54 Å². The molecule has 1 saturated heterocycles. The van der Waals surface area contributed by atoms with Crippen LogP contribution in [-0.4, -0.2) is 15.5 Å². The van der Waals surface area contributed by atoms with Crippen LogP contribution >= 0.6 is 15.9 Å². The number of aromatic amines is 1. The van der Waals surface area contributed by atoms with E-state index in [1.54, 1.807) is 0 Å². The quantitative estimate of drug-likeness (QED) is 0.692. The third kappa shape index (κ3) is 1.43. The molecule has 2 aliphatic carbocycles. The predicted octanol–water partition coefficient (Wildman–Crippen LogP) is 3.19. The van der Waals surface area contributed by atoms with Gasteiger partial charge in [0.05, 0.1) is 16.6 Å². The first-order valence-electron chi connectivity index (χ1n) is 8.13. The summed E-state index contributed by atoms with van der Waals surface area (Å²) < 4.78 is 1.12. The Morgan fingerprint density at radius 2 is 2.09 bits per heavy atom. The second-order valence-electron chi connectivity index (χ2n) is 7.56. The minimum atomic E-state index is 0.275. The first-order valence-corrected chi connectivity index (χ1v) is 8.92. The van der Waals surface area contributed by atoms with E-state index in [0.29, 0.717) is 5.54 Å². The lowest BCUT2D eigenvalue weighted by atomic mass is 10.1. The standard InChI is InChI=1S/C18H16BrN3/c19-12-2-3-13-10(7-12)1-4-14-15(13)21-16(20-14)18-9-11(18)8-17(22-18)5-6-17/h1-4,7,11,22H,5-6,8-9H2,(H,20,21)/p+1. The molecule has 6 rings (SSSR count). The van der Waals surface area contributed by atoms with Gasteiger partial charge in [0.2, 0.25) is 0 Å². The average molecular weight is 355 g/mol. The van der Waals surface area contributed by atoms with Crippen molar-refractivity contribution in [2.45, 2.75) is 36.8 Å².